The van der Waals surface area contributed by atoms with Gasteiger partial charge in [0.1, 0.15) is 6.29 Å². The zero-order valence-electron chi connectivity index (χ0n) is 23.0. The summed E-state index contributed by atoms with van der Waals surface area (Å²) in [5, 5.41) is 2.71. The molecule has 0 aliphatic heterocycles. The van der Waals surface area contributed by atoms with Crippen LogP contribution in [0.1, 0.15) is 52.7 Å². The number of nitrogens with zero attached hydrogens (tertiary/aromatic N) is 3. The molecule has 0 saturated carbocycles. The fourth-order valence-corrected chi connectivity index (χ4v) is 3.66. The number of aliphatic imine (C=N–C) groups is 1. The summed E-state index contributed by atoms with van der Waals surface area (Å²) >= 11 is 0. The number of hydrogen-bond acceptors (Lipinski definition) is 6. The fourth-order valence-electron chi connectivity index (χ4n) is 3.66. The van der Waals surface area contributed by atoms with E-state index in [1.165, 1.54) is 18.0 Å². The molecule has 1 atom stereocenters. The van der Waals surface area contributed by atoms with Crippen LogP contribution in [0.25, 0.3) is 22.5 Å². The van der Waals surface area contributed by atoms with Gasteiger partial charge in [0.05, 0.1) is 17.2 Å². The number of nitrogens with one attached hydrogen (secondary N) is 1. The number of hydrogen-bond donors (Lipinski definition) is 2. The van der Waals surface area contributed by atoms with Crippen LogP contribution in [-0.4, -0.2) is 40.0 Å². The number of carbonyl (C=O) groups is 2. The second kappa shape index (κ2) is 11.9. The smallest absolute Gasteiger partial charge is 0.254 e. The van der Waals surface area contributed by atoms with Crippen molar-refractivity contribution in [3.05, 3.63) is 83.8 Å². The first-order valence-corrected chi connectivity index (χ1v) is 12.6. The number of aldehydes is 1. The van der Waals surface area contributed by atoms with Crippen molar-refractivity contribution in [3.8, 4) is 22.5 Å². The van der Waals surface area contributed by atoms with E-state index in [0.29, 0.717) is 12.2 Å². The van der Waals surface area contributed by atoms with Gasteiger partial charge < -0.3 is 15.8 Å². The normalized spacial score (nSPS) is 13.4. The maximum atomic E-state index is 12.6. The molecule has 0 fully saturated rings. The predicted molar refractivity (Wildman–Crippen MR) is 154 cm³/mol. The highest BCUT2D eigenvalue weighted by Gasteiger charge is 2.16. The molecule has 3 N–H and O–H groups in total. The van der Waals surface area contributed by atoms with Crippen molar-refractivity contribution in [1.82, 2.24) is 15.3 Å². The van der Waals surface area contributed by atoms with Crippen molar-refractivity contribution >= 4 is 18.4 Å². The van der Waals surface area contributed by atoms with E-state index >= 15 is 0 Å². The van der Waals surface area contributed by atoms with Crippen LogP contribution in [0.4, 0.5) is 0 Å². The molecule has 1 amide bonds. The minimum Gasteiger partial charge on any atom is -0.404 e. The van der Waals surface area contributed by atoms with E-state index in [4.69, 9.17) is 5.73 Å². The number of amides is 1. The number of aromatic nitrogens is 2. The average molecular weight is 512 g/mol. The monoisotopic (exact) mass is 511 g/mol. The maximum Gasteiger partial charge on any atom is 0.254 e. The molecule has 3 rings (SSSR count). The maximum absolute atomic E-state index is 12.6. The Morgan fingerprint density at radius 3 is 2.00 bits per heavy atom. The number of rotatable bonds is 8. The summed E-state index contributed by atoms with van der Waals surface area (Å²) in [6.07, 6.45) is 7.33. The van der Waals surface area contributed by atoms with Crippen molar-refractivity contribution in [2.45, 2.75) is 65.0 Å². The van der Waals surface area contributed by atoms with Crippen molar-refractivity contribution in [2.75, 3.05) is 0 Å². The van der Waals surface area contributed by atoms with Crippen LogP contribution in [0.15, 0.2) is 77.7 Å². The molecule has 0 bridgehead atoms. The first-order chi connectivity index (χ1) is 17.9. The second-order valence-electron chi connectivity index (χ2n) is 11.3. The molecule has 1 heterocycles. The van der Waals surface area contributed by atoms with Crippen LogP contribution < -0.4 is 11.1 Å². The molecule has 38 heavy (non-hydrogen) atoms. The topological polar surface area (TPSA) is 110 Å². The Morgan fingerprint density at radius 1 is 0.921 bits per heavy atom. The summed E-state index contributed by atoms with van der Waals surface area (Å²) in [7, 11) is 0. The summed E-state index contributed by atoms with van der Waals surface area (Å²) in [5.41, 5.74) is 10.6. The largest absolute Gasteiger partial charge is 0.404 e. The summed E-state index contributed by atoms with van der Waals surface area (Å²) < 4.78 is 0. The third kappa shape index (κ3) is 7.93. The second-order valence-corrected chi connectivity index (χ2v) is 11.3. The Hall–Kier alpha value is -4.13. The molecule has 7 heteroatoms. The third-order valence-corrected chi connectivity index (χ3v) is 5.92. The Morgan fingerprint density at radius 2 is 1.50 bits per heavy atom. The highest BCUT2D eigenvalue weighted by molar-refractivity contribution is 6.12. The number of benzene rings is 2. The number of carbonyl (C=O) groups excluding carboxylic acids is 2. The third-order valence-electron chi connectivity index (χ3n) is 5.92. The van der Waals surface area contributed by atoms with Crippen molar-refractivity contribution in [3.63, 3.8) is 0 Å². The molecule has 7 nitrogen and oxygen atoms in total. The van der Waals surface area contributed by atoms with E-state index < -0.39 is 11.9 Å². The standard InChI is InChI=1S/C31H37N5O2/c1-30(2,3)26-13-11-22(12-14-26)25-17-33-28(34-18-25)23-9-7-21(8-10-23)15-27(20-37)36-29(38)24(16-32)19-35-31(4,5)6/h7-14,16-20,27H,15,32H2,1-6H3,(H,36,38). The minimum atomic E-state index is -0.702. The van der Waals surface area contributed by atoms with Gasteiger partial charge in [-0.2, -0.15) is 0 Å². The summed E-state index contributed by atoms with van der Waals surface area (Å²) in [6, 6.07) is 15.4. The van der Waals surface area contributed by atoms with Gasteiger partial charge in [0.2, 0.25) is 0 Å². The van der Waals surface area contributed by atoms with E-state index in [1.54, 1.807) is 0 Å². The lowest BCUT2D eigenvalue weighted by atomic mass is 9.86. The minimum absolute atomic E-state index is 0.105. The highest BCUT2D eigenvalue weighted by Crippen LogP contribution is 2.26. The zero-order valence-corrected chi connectivity index (χ0v) is 23.0. The SMILES string of the molecule is CC(C)(C)N=CC(=CN)C(=O)NC(C=O)Cc1ccc(-c2ncc(-c3ccc(C(C)(C)C)cc3)cn2)cc1. The van der Waals surface area contributed by atoms with Gasteiger partial charge >= 0.3 is 0 Å². The van der Waals surface area contributed by atoms with Gasteiger partial charge in [-0.25, -0.2) is 9.97 Å². The Balaban J connectivity index is 1.65. The van der Waals surface area contributed by atoms with E-state index in [1.807, 2.05) is 57.4 Å². The van der Waals surface area contributed by atoms with Gasteiger partial charge in [-0.05, 0) is 49.3 Å². The van der Waals surface area contributed by atoms with Crippen LogP contribution in [0.5, 0.6) is 0 Å². The molecule has 0 radical (unpaired) electrons. The van der Waals surface area contributed by atoms with Crippen LogP contribution in [0.3, 0.4) is 0 Å². The number of nitrogens with two attached hydrogens (primary N) is 1. The first-order valence-electron chi connectivity index (χ1n) is 12.6. The lowest BCUT2D eigenvalue weighted by Gasteiger charge is -2.19. The van der Waals surface area contributed by atoms with Crippen molar-refractivity contribution in [1.29, 1.82) is 0 Å². The van der Waals surface area contributed by atoms with Gasteiger partial charge in [0.25, 0.3) is 5.91 Å². The first kappa shape index (κ1) is 28.4. The molecule has 198 valence electrons. The quantitative estimate of drug-likeness (QED) is 0.250. The summed E-state index contributed by atoms with van der Waals surface area (Å²) in [6.45, 7) is 12.3. The molecular formula is C31H37N5O2. The van der Waals surface area contributed by atoms with E-state index in [0.717, 1.165) is 28.5 Å². The Labute approximate surface area is 225 Å². The van der Waals surface area contributed by atoms with Gasteiger partial charge in [-0.1, -0.05) is 69.3 Å². The average Bonchev–Trinajstić information content (AvgIpc) is 2.88. The van der Waals surface area contributed by atoms with Crippen molar-refractivity contribution in [2.24, 2.45) is 10.7 Å². The summed E-state index contributed by atoms with van der Waals surface area (Å²) in [5.74, 6) is 0.165. The molecule has 0 aliphatic carbocycles. The van der Waals surface area contributed by atoms with E-state index in [2.05, 4.69) is 65.3 Å². The zero-order chi connectivity index (χ0) is 27.9. The molecule has 1 unspecified atom stereocenters. The van der Waals surface area contributed by atoms with Crippen LogP contribution >= 0.6 is 0 Å². The molecular weight excluding hydrogens is 474 g/mol. The van der Waals surface area contributed by atoms with Crippen LogP contribution in [0, 0.1) is 0 Å². The lowest BCUT2D eigenvalue weighted by Crippen LogP contribution is -2.39. The summed E-state index contributed by atoms with van der Waals surface area (Å²) in [4.78, 5) is 37.6. The van der Waals surface area contributed by atoms with E-state index in [9.17, 15) is 9.59 Å². The molecule has 0 spiro atoms. The fraction of sp³-hybridized carbons (Fsp3) is 0.323. The molecule has 0 saturated heterocycles. The predicted octanol–water partition coefficient (Wildman–Crippen LogP) is 5.05. The Bertz CT molecular complexity index is 1290. The van der Waals surface area contributed by atoms with Gasteiger partial charge in [0.15, 0.2) is 5.82 Å². The van der Waals surface area contributed by atoms with Crippen LogP contribution in [-0.2, 0) is 21.4 Å². The lowest BCUT2D eigenvalue weighted by molar-refractivity contribution is -0.120. The van der Waals surface area contributed by atoms with Gasteiger partial charge in [-0.3, -0.25) is 9.79 Å². The molecule has 1 aromatic heterocycles. The van der Waals surface area contributed by atoms with Gasteiger partial charge in [-0.15, -0.1) is 0 Å². The molecule has 3 aromatic rings. The molecule has 0 aliphatic rings. The van der Waals surface area contributed by atoms with Gasteiger partial charge in [0, 0.05) is 35.9 Å². The molecule has 2 aromatic carbocycles. The van der Waals surface area contributed by atoms with E-state index in [-0.39, 0.29) is 16.5 Å². The highest BCUT2D eigenvalue weighted by atomic mass is 16.2. The Kier molecular flexibility index (Phi) is 8.94. The van der Waals surface area contributed by atoms with Crippen LogP contribution in [0.2, 0.25) is 0 Å². The van der Waals surface area contributed by atoms with Crippen molar-refractivity contribution < 1.29 is 9.59 Å².